The molecule has 2 aliphatic rings. The highest BCUT2D eigenvalue weighted by Crippen LogP contribution is 2.42. The first-order valence-electron chi connectivity index (χ1n) is 14.8. The summed E-state index contributed by atoms with van der Waals surface area (Å²) in [5.41, 5.74) is 3.66. The summed E-state index contributed by atoms with van der Waals surface area (Å²) >= 11 is 1.71. The lowest BCUT2D eigenvalue weighted by Crippen LogP contribution is -2.41. The fourth-order valence-electron chi connectivity index (χ4n) is 6.34. The van der Waals surface area contributed by atoms with E-state index in [1.807, 2.05) is 37.5 Å². The van der Waals surface area contributed by atoms with E-state index in [9.17, 15) is 9.90 Å². The number of nitrogens with one attached hydrogen (secondary N) is 1. The Hall–Kier alpha value is -2.84. The molecule has 0 aliphatic heterocycles. The van der Waals surface area contributed by atoms with Crippen molar-refractivity contribution in [2.75, 3.05) is 7.11 Å². The van der Waals surface area contributed by atoms with Gasteiger partial charge in [-0.2, -0.15) is 0 Å². The molecule has 0 aromatic carbocycles. The molecule has 3 aromatic heterocycles. The average molecular weight is 563 g/mol. The number of nitrogens with zero attached hydrogens (tertiary/aromatic N) is 3. The van der Waals surface area contributed by atoms with Gasteiger partial charge in [0.25, 0.3) is 0 Å². The van der Waals surface area contributed by atoms with Crippen LogP contribution in [-0.4, -0.2) is 39.2 Å². The van der Waals surface area contributed by atoms with Crippen LogP contribution in [0.25, 0.3) is 10.4 Å². The second-order valence-electron chi connectivity index (χ2n) is 11.8. The fourth-order valence-corrected chi connectivity index (χ4v) is 7.26. The molecule has 4 atom stereocenters. The van der Waals surface area contributed by atoms with Gasteiger partial charge in [0.15, 0.2) is 0 Å². The lowest BCUT2D eigenvalue weighted by atomic mass is 9.74. The maximum absolute atomic E-state index is 13.5. The summed E-state index contributed by atoms with van der Waals surface area (Å²) in [5, 5.41) is 15.9. The summed E-state index contributed by atoms with van der Waals surface area (Å²) in [6.45, 7) is 6.24. The van der Waals surface area contributed by atoms with Gasteiger partial charge in [-0.3, -0.25) is 14.8 Å². The van der Waals surface area contributed by atoms with Crippen LogP contribution in [0.2, 0.25) is 0 Å². The van der Waals surface area contributed by atoms with Crippen molar-refractivity contribution >= 4 is 17.2 Å². The number of aliphatic hydroxyl groups is 1. The van der Waals surface area contributed by atoms with Gasteiger partial charge in [-0.1, -0.05) is 33.1 Å². The van der Waals surface area contributed by atoms with Crippen LogP contribution in [0.15, 0.2) is 36.7 Å². The van der Waals surface area contributed by atoms with Crippen molar-refractivity contribution in [1.82, 2.24) is 20.3 Å². The second kappa shape index (κ2) is 12.8. The molecular weight excluding hydrogens is 520 g/mol. The van der Waals surface area contributed by atoms with Crippen LogP contribution in [-0.2, 0) is 4.79 Å². The highest BCUT2D eigenvalue weighted by molar-refractivity contribution is 7.15. The third-order valence-electron chi connectivity index (χ3n) is 8.66. The van der Waals surface area contributed by atoms with Crippen LogP contribution >= 0.6 is 11.3 Å². The quantitative estimate of drug-likeness (QED) is 0.316. The van der Waals surface area contributed by atoms with E-state index in [0.29, 0.717) is 12.3 Å². The number of aliphatic hydroxyl groups excluding tert-OH is 1. The van der Waals surface area contributed by atoms with Crippen molar-refractivity contribution in [1.29, 1.82) is 0 Å². The van der Waals surface area contributed by atoms with Crippen molar-refractivity contribution in [3.8, 4) is 16.2 Å². The Morgan fingerprint density at radius 1 is 1.10 bits per heavy atom. The minimum atomic E-state index is -0.550. The zero-order valence-corrected chi connectivity index (χ0v) is 24.9. The Balaban J connectivity index is 1.40. The molecule has 0 bridgehead atoms. The van der Waals surface area contributed by atoms with Gasteiger partial charge in [0.05, 0.1) is 40.5 Å². The number of carbonyl (C=O) groups excluding carboxylic acids is 1. The van der Waals surface area contributed by atoms with Crippen LogP contribution in [0.1, 0.15) is 105 Å². The van der Waals surface area contributed by atoms with E-state index in [1.165, 1.54) is 6.42 Å². The van der Waals surface area contributed by atoms with E-state index in [0.717, 1.165) is 76.8 Å². The van der Waals surface area contributed by atoms with Crippen LogP contribution in [0.3, 0.4) is 0 Å². The number of hydrogen-bond acceptors (Lipinski definition) is 7. The van der Waals surface area contributed by atoms with Crippen molar-refractivity contribution in [2.45, 2.75) is 96.1 Å². The summed E-state index contributed by atoms with van der Waals surface area (Å²) in [6, 6.07) is 7.77. The number of aryl methyl sites for hydroxylation is 1. The number of hydrogen-bond donors (Lipinski definition) is 2. The molecule has 0 radical (unpaired) electrons. The summed E-state index contributed by atoms with van der Waals surface area (Å²) in [5.74, 6) is 1.35. The predicted octanol–water partition coefficient (Wildman–Crippen LogP) is 6.72. The lowest BCUT2D eigenvalue weighted by Gasteiger charge is -2.38. The molecular formula is C32H42N4O3S. The van der Waals surface area contributed by atoms with E-state index in [-0.39, 0.29) is 29.7 Å². The summed E-state index contributed by atoms with van der Waals surface area (Å²) in [4.78, 5) is 28.7. The van der Waals surface area contributed by atoms with Gasteiger partial charge < -0.3 is 15.2 Å². The molecule has 5 rings (SSSR count). The monoisotopic (exact) mass is 562 g/mol. The minimum Gasteiger partial charge on any atom is -0.495 e. The number of pyridine rings is 2. The first-order valence-corrected chi connectivity index (χ1v) is 15.6. The largest absolute Gasteiger partial charge is 0.495 e. The third kappa shape index (κ3) is 6.39. The Morgan fingerprint density at radius 3 is 2.58 bits per heavy atom. The standard InChI is InChI=1S/C32H42N4O3S/c1-19(2)32-34-18-29(40-32)22-14-15-33-26(16-22)30(36-31(38)21-8-6-5-7-9-21)23-10-11-24(27(37)17-23)25-12-13-28(39-4)20(3)35-25/h12-16,18-19,21,23-24,27,30,37H,5-11,17H2,1-4H3,(H,36,38). The zero-order valence-electron chi connectivity index (χ0n) is 24.1. The van der Waals surface area contributed by atoms with E-state index in [4.69, 9.17) is 14.7 Å². The van der Waals surface area contributed by atoms with Gasteiger partial charge in [-0.05, 0) is 74.8 Å². The zero-order chi connectivity index (χ0) is 28.2. The highest BCUT2D eigenvalue weighted by atomic mass is 32.1. The number of ether oxygens (including phenoxy) is 1. The maximum atomic E-state index is 13.5. The molecule has 3 aromatic rings. The van der Waals surface area contributed by atoms with Crippen molar-refractivity contribution in [2.24, 2.45) is 11.8 Å². The van der Waals surface area contributed by atoms with Crippen molar-refractivity contribution < 1.29 is 14.6 Å². The molecule has 1 amide bonds. The number of methoxy groups -OCH3 is 1. The molecule has 4 unspecified atom stereocenters. The van der Waals surface area contributed by atoms with Crippen molar-refractivity contribution in [3.05, 3.63) is 58.7 Å². The lowest BCUT2D eigenvalue weighted by molar-refractivity contribution is -0.127. The normalized spacial score (nSPS) is 22.7. The second-order valence-corrected chi connectivity index (χ2v) is 12.8. The van der Waals surface area contributed by atoms with Gasteiger partial charge in [0, 0.05) is 35.8 Å². The molecule has 2 saturated carbocycles. The van der Waals surface area contributed by atoms with Gasteiger partial charge in [-0.25, -0.2) is 4.98 Å². The Bertz CT molecular complexity index is 1300. The van der Waals surface area contributed by atoms with Gasteiger partial charge in [0.2, 0.25) is 5.91 Å². The molecule has 2 fully saturated rings. The molecule has 0 spiro atoms. The maximum Gasteiger partial charge on any atom is 0.223 e. The first kappa shape index (κ1) is 28.7. The van der Waals surface area contributed by atoms with Crippen LogP contribution in [0.4, 0.5) is 0 Å². The average Bonchev–Trinajstić information content (AvgIpc) is 3.47. The molecule has 214 valence electrons. The smallest absolute Gasteiger partial charge is 0.223 e. The summed E-state index contributed by atoms with van der Waals surface area (Å²) < 4.78 is 5.38. The number of carbonyl (C=O) groups is 1. The molecule has 2 aliphatic carbocycles. The van der Waals surface area contributed by atoms with Crippen molar-refractivity contribution in [3.63, 3.8) is 0 Å². The highest BCUT2D eigenvalue weighted by Gasteiger charge is 2.37. The van der Waals surface area contributed by atoms with Crippen LogP contribution < -0.4 is 10.1 Å². The fraction of sp³-hybridized carbons (Fsp3) is 0.562. The molecule has 3 heterocycles. The van der Waals surface area contributed by atoms with Crippen LogP contribution in [0, 0.1) is 18.8 Å². The number of thiazole rings is 1. The minimum absolute atomic E-state index is 0.0403. The van der Waals surface area contributed by atoms with E-state index in [2.05, 4.69) is 30.2 Å². The topological polar surface area (TPSA) is 97.2 Å². The van der Waals surface area contributed by atoms with Gasteiger partial charge in [0.1, 0.15) is 5.75 Å². The van der Waals surface area contributed by atoms with E-state index in [1.54, 1.807) is 18.4 Å². The SMILES string of the molecule is COc1ccc(C2CCC(C(NC(=O)C3CCCCC3)c3cc(-c4cnc(C(C)C)s4)ccn3)CC2O)nc1C. The molecule has 7 nitrogen and oxygen atoms in total. The van der Waals surface area contributed by atoms with Gasteiger partial charge >= 0.3 is 0 Å². The van der Waals surface area contributed by atoms with Crippen LogP contribution in [0.5, 0.6) is 5.75 Å². The van der Waals surface area contributed by atoms with E-state index >= 15 is 0 Å². The number of rotatable bonds is 8. The predicted molar refractivity (Wildman–Crippen MR) is 159 cm³/mol. The van der Waals surface area contributed by atoms with E-state index < -0.39 is 6.10 Å². The Morgan fingerprint density at radius 2 is 1.90 bits per heavy atom. The molecule has 40 heavy (non-hydrogen) atoms. The molecule has 2 N–H and O–H groups in total. The molecule has 8 heteroatoms. The summed E-state index contributed by atoms with van der Waals surface area (Å²) in [6.07, 6.45) is 10.8. The Kier molecular flexibility index (Phi) is 9.16. The Labute approximate surface area is 241 Å². The molecule has 0 saturated heterocycles. The number of amides is 1. The third-order valence-corrected chi connectivity index (χ3v) is 10.0. The first-order chi connectivity index (χ1) is 19.3. The van der Waals surface area contributed by atoms with Gasteiger partial charge in [-0.15, -0.1) is 11.3 Å². The summed E-state index contributed by atoms with van der Waals surface area (Å²) in [7, 11) is 1.65. The number of aromatic nitrogens is 3.